The van der Waals surface area contributed by atoms with Gasteiger partial charge in [0.25, 0.3) is 0 Å². The van der Waals surface area contributed by atoms with Gasteiger partial charge in [-0.3, -0.25) is 4.79 Å². The Bertz CT molecular complexity index is 337. The monoisotopic (exact) mass is 294 g/mol. The van der Waals surface area contributed by atoms with Gasteiger partial charge in [0.15, 0.2) is 0 Å². The maximum absolute atomic E-state index is 12.3. The van der Waals surface area contributed by atoms with Gasteiger partial charge in [0.05, 0.1) is 6.10 Å². The van der Waals surface area contributed by atoms with Crippen LogP contribution in [0.4, 0.5) is 0 Å². The fourth-order valence-corrected chi connectivity index (χ4v) is 4.27. The van der Waals surface area contributed by atoms with E-state index in [2.05, 4.69) is 5.32 Å². The van der Waals surface area contributed by atoms with Crippen molar-refractivity contribution in [1.82, 2.24) is 10.2 Å². The lowest BCUT2D eigenvalue weighted by atomic mass is 9.68. The third-order valence-electron chi connectivity index (χ3n) is 5.82. The van der Waals surface area contributed by atoms with Crippen molar-refractivity contribution in [3.8, 4) is 0 Å². The molecular weight excluding hydrogens is 264 g/mol. The van der Waals surface area contributed by atoms with E-state index in [1.165, 1.54) is 44.9 Å². The summed E-state index contributed by atoms with van der Waals surface area (Å²) in [6.45, 7) is 4.23. The Morgan fingerprint density at radius 2 is 1.71 bits per heavy atom. The zero-order valence-electron chi connectivity index (χ0n) is 13.2. The summed E-state index contributed by atoms with van der Waals surface area (Å²) in [6.07, 6.45) is 11.8. The minimum absolute atomic E-state index is 0.208. The predicted molar refractivity (Wildman–Crippen MR) is 83.2 cm³/mol. The second kappa shape index (κ2) is 7.10. The molecule has 1 amide bonds. The summed E-state index contributed by atoms with van der Waals surface area (Å²) in [5, 5.41) is 3.32. The van der Waals surface area contributed by atoms with Crippen LogP contribution in [-0.4, -0.2) is 49.7 Å². The van der Waals surface area contributed by atoms with Crippen molar-refractivity contribution in [2.24, 2.45) is 5.41 Å². The average molecular weight is 294 g/mol. The molecule has 0 unspecified atom stereocenters. The number of hydrogen-bond acceptors (Lipinski definition) is 3. The second-order valence-electron chi connectivity index (χ2n) is 7.20. The Hall–Kier alpha value is -0.610. The molecule has 1 aliphatic carbocycles. The number of nitrogens with zero attached hydrogens (tertiary/aromatic N) is 1. The number of hydrogen-bond donors (Lipinski definition) is 1. The molecule has 3 fully saturated rings. The highest BCUT2D eigenvalue weighted by molar-refractivity contribution is 5.77. The van der Waals surface area contributed by atoms with E-state index >= 15 is 0 Å². The minimum Gasteiger partial charge on any atom is -0.368 e. The van der Waals surface area contributed by atoms with Crippen LogP contribution < -0.4 is 5.32 Å². The Labute approximate surface area is 128 Å². The number of nitrogens with one attached hydrogen (secondary N) is 1. The Morgan fingerprint density at radius 3 is 2.38 bits per heavy atom. The van der Waals surface area contributed by atoms with Gasteiger partial charge in [0.1, 0.15) is 6.61 Å². The van der Waals surface area contributed by atoms with E-state index in [4.69, 9.17) is 4.74 Å². The topological polar surface area (TPSA) is 41.6 Å². The summed E-state index contributed by atoms with van der Waals surface area (Å²) in [5.74, 6) is 0.208. The van der Waals surface area contributed by atoms with Crippen LogP contribution in [0.5, 0.6) is 0 Å². The summed E-state index contributed by atoms with van der Waals surface area (Å²) in [5.41, 5.74) is 0.574. The van der Waals surface area contributed by atoms with Crippen molar-refractivity contribution in [3.05, 3.63) is 0 Å². The highest BCUT2D eigenvalue weighted by Crippen LogP contribution is 2.44. The molecule has 1 N–H and O–H groups in total. The Morgan fingerprint density at radius 1 is 1.05 bits per heavy atom. The van der Waals surface area contributed by atoms with Crippen LogP contribution in [0.3, 0.4) is 0 Å². The molecule has 1 spiro atoms. The molecule has 0 aromatic rings. The van der Waals surface area contributed by atoms with Gasteiger partial charge in [-0.25, -0.2) is 0 Å². The van der Waals surface area contributed by atoms with Gasteiger partial charge in [-0.1, -0.05) is 19.3 Å². The number of ether oxygens (including phenoxy) is 1. The van der Waals surface area contributed by atoms with E-state index in [0.29, 0.717) is 5.41 Å². The van der Waals surface area contributed by atoms with Crippen molar-refractivity contribution in [2.75, 3.05) is 32.8 Å². The van der Waals surface area contributed by atoms with Crippen LogP contribution in [0.1, 0.15) is 57.8 Å². The van der Waals surface area contributed by atoms with Crippen molar-refractivity contribution >= 4 is 5.91 Å². The summed E-state index contributed by atoms with van der Waals surface area (Å²) < 4.78 is 5.80. The first kappa shape index (κ1) is 15.3. The van der Waals surface area contributed by atoms with E-state index in [1.807, 2.05) is 4.90 Å². The zero-order valence-corrected chi connectivity index (χ0v) is 13.2. The number of amides is 1. The van der Waals surface area contributed by atoms with Crippen molar-refractivity contribution in [2.45, 2.75) is 63.9 Å². The number of likely N-dealkylation sites (tertiary alicyclic amines) is 1. The molecule has 0 aromatic heterocycles. The van der Waals surface area contributed by atoms with Gasteiger partial charge < -0.3 is 15.0 Å². The first-order chi connectivity index (χ1) is 10.3. The maximum atomic E-state index is 12.3. The van der Waals surface area contributed by atoms with Crippen LogP contribution in [0.15, 0.2) is 0 Å². The molecule has 4 heteroatoms. The average Bonchev–Trinajstić information content (AvgIpc) is 2.55. The maximum Gasteiger partial charge on any atom is 0.248 e. The number of rotatable bonds is 3. The largest absolute Gasteiger partial charge is 0.368 e. The van der Waals surface area contributed by atoms with Gasteiger partial charge in [-0.15, -0.1) is 0 Å². The molecular formula is C17H30N2O2. The molecule has 1 saturated carbocycles. The van der Waals surface area contributed by atoms with E-state index < -0.39 is 0 Å². The number of carbonyl (C=O) groups is 1. The normalized spacial score (nSPS) is 27.0. The molecule has 21 heavy (non-hydrogen) atoms. The third kappa shape index (κ3) is 3.98. The lowest BCUT2D eigenvalue weighted by Gasteiger charge is -2.44. The quantitative estimate of drug-likeness (QED) is 0.868. The first-order valence-corrected chi connectivity index (χ1v) is 8.88. The molecule has 4 nitrogen and oxygen atoms in total. The van der Waals surface area contributed by atoms with Gasteiger partial charge in [-0.05, 0) is 57.0 Å². The molecule has 2 saturated heterocycles. The fraction of sp³-hybridized carbons (Fsp3) is 0.941. The second-order valence-corrected chi connectivity index (χ2v) is 7.20. The van der Waals surface area contributed by atoms with Crippen molar-refractivity contribution in [3.63, 3.8) is 0 Å². The molecule has 2 heterocycles. The van der Waals surface area contributed by atoms with E-state index in [1.54, 1.807) is 0 Å². The van der Waals surface area contributed by atoms with Gasteiger partial charge in [0, 0.05) is 13.1 Å². The van der Waals surface area contributed by atoms with Crippen LogP contribution in [0.2, 0.25) is 0 Å². The molecule has 2 aliphatic heterocycles. The summed E-state index contributed by atoms with van der Waals surface area (Å²) in [6, 6.07) is 0. The molecule has 3 rings (SSSR count). The molecule has 0 atom stereocenters. The Balaban J connectivity index is 1.40. The SMILES string of the molecule is O=C(COC1CCNCC1)N1CCC2(CCCCC2)CC1. The van der Waals surface area contributed by atoms with Crippen molar-refractivity contribution < 1.29 is 9.53 Å². The van der Waals surface area contributed by atoms with E-state index in [9.17, 15) is 4.79 Å². The molecule has 120 valence electrons. The third-order valence-corrected chi connectivity index (χ3v) is 5.82. The first-order valence-electron chi connectivity index (χ1n) is 8.88. The molecule has 0 radical (unpaired) electrons. The minimum atomic E-state index is 0.208. The summed E-state index contributed by atoms with van der Waals surface area (Å²) >= 11 is 0. The fourth-order valence-electron chi connectivity index (χ4n) is 4.27. The van der Waals surface area contributed by atoms with Crippen LogP contribution in [-0.2, 0) is 9.53 Å². The lowest BCUT2D eigenvalue weighted by Crippen LogP contribution is -2.45. The molecule has 3 aliphatic rings. The Kier molecular flexibility index (Phi) is 5.17. The highest BCUT2D eigenvalue weighted by Gasteiger charge is 2.36. The summed E-state index contributed by atoms with van der Waals surface area (Å²) in [4.78, 5) is 14.3. The van der Waals surface area contributed by atoms with E-state index in [-0.39, 0.29) is 18.6 Å². The van der Waals surface area contributed by atoms with Gasteiger partial charge in [0.2, 0.25) is 5.91 Å². The summed E-state index contributed by atoms with van der Waals surface area (Å²) in [7, 11) is 0. The van der Waals surface area contributed by atoms with E-state index in [0.717, 1.165) is 39.0 Å². The molecule has 0 aromatic carbocycles. The van der Waals surface area contributed by atoms with Gasteiger partial charge >= 0.3 is 0 Å². The van der Waals surface area contributed by atoms with Gasteiger partial charge in [-0.2, -0.15) is 0 Å². The van der Waals surface area contributed by atoms with Crippen LogP contribution >= 0.6 is 0 Å². The number of carbonyl (C=O) groups excluding carboxylic acids is 1. The standard InChI is InChI=1S/C17H30N2O2/c20-16(14-21-15-4-10-18-11-5-15)19-12-8-17(9-13-19)6-2-1-3-7-17/h15,18H,1-14H2. The smallest absolute Gasteiger partial charge is 0.248 e. The number of piperidine rings is 2. The van der Waals surface area contributed by atoms with Crippen molar-refractivity contribution in [1.29, 1.82) is 0 Å². The van der Waals surface area contributed by atoms with Crippen LogP contribution in [0.25, 0.3) is 0 Å². The predicted octanol–water partition coefficient (Wildman–Crippen LogP) is 2.33. The lowest BCUT2D eigenvalue weighted by molar-refractivity contribution is -0.141. The zero-order chi connectivity index (χ0) is 14.5. The molecule has 0 bridgehead atoms. The van der Waals surface area contributed by atoms with Crippen LogP contribution in [0, 0.1) is 5.41 Å². The highest BCUT2D eigenvalue weighted by atomic mass is 16.5.